The Balaban J connectivity index is 2.21. The molecule has 0 saturated heterocycles. The molecule has 2 heterocycles. The molecule has 1 unspecified atom stereocenters. The molecule has 0 aliphatic rings. The van der Waals surface area contributed by atoms with E-state index in [1.807, 2.05) is 35.0 Å². The van der Waals surface area contributed by atoms with Crippen LogP contribution in [-0.4, -0.2) is 20.6 Å². The SMILES string of the molecule is CCC(C)Nc1cc(C(C)(C)C)nc2c(-c3ccc(Cl)cc3)cnn12. The third kappa shape index (κ3) is 3.64. The van der Waals surface area contributed by atoms with Crippen LogP contribution in [-0.2, 0) is 5.41 Å². The first kappa shape index (κ1) is 17.7. The predicted molar refractivity (Wildman–Crippen MR) is 106 cm³/mol. The standard InChI is InChI=1S/C20H25ClN4/c1-6-13(2)23-18-11-17(20(3,4)5)24-19-16(12-22-25(18)19)14-7-9-15(21)10-8-14/h7-13,23H,6H2,1-5H3. The Kier molecular flexibility index (Phi) is 4.74. The monoisotopic (exact) mass is 356 g/mol. The van der Waals surface area contributed by atoms with Crippen molar-refractivity contribution in [2.75, 3.05) is 5.32 Å². The van der Waals surface area contributed by atoms with Crippen molar-refractivity contribution < 1.29 is 0 Å². The first-order valence-electron chi connectivity index (χ1n) is 8.71. The third-order valence-corrected chi connectivity index (χ3v) is 4.65. The van der Waals surface area contributed by atoms with Crippen LogP contribution in [0.3, 0.4) is 0 Å². The lowest BCUT2D eigenvalue weighted by Crippen LogP contribution is -2.20. The topological polar surface area (TPSA) is 42.2 Å². The Hall–Kier alpha value is -2.07. The van der Waals surface area contributed by atoms with E-state index < -0.39 is 0 Å². The Morgan fingerprint density at radius 1 is 1.20 bits per heavy atom. The van der Waals surface area contributed by atoms with Crippen molar-refractivity contribution in [3.8, 4) is 11.1 Å². The molecule has 0 fully saturated rings. The van der Waals surface area contributed by atoms with Crippen LogP contribution in [0.1, 0.15) is 46.7 Å². The van der Waals surface area contributed by atoms with Gasteiger partial charge in [-0.15, -0.1) is 0 Å². The summed E-state index contributed by atoms with van der Waals surface area (Å²) < 4.78 is 1.89. The summed E-state index contributed by atoms with van der Waals surface area (Å²) in [5, 5.41) is 8.87. The number of anilines is 1. The molecule has 0 aliphatic carbocycles. The summed E-state index contributed by atoms with van der Waals surface area (Å²) in [6.07, 6.45) is 2.92. The molecule has 4 nitrogen and oxygen atoms in total. The van der Waals surface area contributed by atoms with E-state index in [9.17, 15) is 0 Å². The van der Waals surface area contributed by atoms with Gasteiger partial charge in [0.2, 0.25) is 0 Å². The fraction of sp³-hybridized carbons (Fsp3) is 0.400. The van der Waals surface area contributed by atoms with Crippen LogP contribution >= 0.6 is 11.6 Å². The smallest absolute Gasteiger partial charge is 0.165 e. The maximum Gasteiger partial charge on any atom is 0.165 e. The first-order valence-corrected chi connectivity index (χ1v) is 9.09. The number of fused-ring (bicyclic) bond motifs is 1. The van der Waals surface area contributed by atoms with Crippen LogP contribution < -0.4 is 5.32 Å². The minimum Gasteiger partial charge on any atom is -0.367 e. The van der Waals surface area contributed by atoms with E-state index in [0.29, 0.717) is 6.04 Å². The number of benzene rings is 1. The fourth-order valence-corrected chi connectivity index (χ4v) is 2.76. The normalized spacial score (nSPS) is 13.2. The average molecular weight is 357 g/mol. The molecule has 0 radical (unpaired) electrons. The second-order valence-corrected chi connectivity index (χ2v) is 7.97. The van der Waals surface area contributed by atoms with Crippen molar-refractivity contribution >= 4 is 23.1 Å². The van der Waals surface area contributed by atoms with Crippen molar-refractivity contribution in [1.29, 1.82) is 0 Å². The van der Waals surface area contributed by atoms with E-state index in [-0.39, 0.29) is 5.41 Å². The molecule has 3 aromatic rings. The van der Waals surface area contributed by atoms with E-state index in [1.54, 1.807) is 0 Å². The van der Waals surface area contributed by atoms with Crippen molar-refractivity contribution in [1.82, 2.24) is 14.6 Å². The van der Waals surface area contributed by atoms with Gasteiger partial charge < -0.3 is 5.32 Å². The number of hydrogen-bond donors (Lipinski definition) is 1. The molecule has 132 valence electrons. The molecule has 0 aliphatic heterocycles. The molecular weight excluding hydrogens is 332 g/mol. The predicted octanol–water partition coefficient (Wildman–Crippen LogP) is 5.56. The van der Waals surface area contributed by atoms with Gasteiger partial charge in [0.05, 0.1) is 11.9 Å². The van der Waals surface area contributed by atoms with Crippen LogP contribution in [0.5, 0.6) is 0 Å². The van der Waals surface area contributed by atoms with Crippen molar-refractivity contribution in [2.24, 2.45) is 0 Å². The van der Waals surface area contributed by atoms with Gasteiger partial charge in [-0.3, -0.25) is 0 Å². The van der Waals surface area contributed by atoms with Gasteiger partial charge in [-0.05, 0) is 31.0 Å². The van der Waals surface area contributed by atoms with Crippen LogP contribution in [0.15, 0.2) is 36.5 Å². The van der Waals surface area contributed by atoms with Crippen LogP contribution in [0.25, 0.3) is 16.8 Å². The summed E-state index contributed by atoms with van der Waals surface area (Å²) in [6, 6.07) is 10.3. The van der Waals surface area contributed by atoms with Crippen molar-refractivity contribution in [2.45, 2.75) is 52.5 Å². The quantitative estimate of drug-likeness (QED) is 0.665. The zero-order valence-electron chi connectivity index (χ0n) is 15.5. The second kappa shape index (κ2) is 6.68. The zero-order chi connectivity index (χ0) is 18.2. The minimum absolute atomic E-state index is 0.0465. The van der Waals surface area contributed by atoms with Gasteiger partial charge in [0.1, 0.15) is 5.82 Å². The lowest BCUT2D eigenvalue weighted by molar-refractivity contribution is 0.568. The number of halogens is 1. The van der Waals surface area contributed by atoms with Crippen molar-refractivity contribution in [3.63, 3.8) is 0 Å². The summed E-state index contributed by atoms with van der Waals surface area (Å²) in [4.78, 5) is 4.93. The minimum atomic E-state index is -0.0465. The average Bonchev–Trinajstić information content (AvgIpc) is 2.99. The molecule has 1 atom stereocenters. The molecule has 1 aromatic carbocycles. The first-order chi connectivity index (χ1) is 11.8. The van der Waals surface area contributed by atoms with E-state index in [2.05, 4.69) is 51.1 Å². The van der Waals surface area contributed by atoms with Gasteiger partial charge in [-0.2, -0.15) is 9.61 Å². The fourth-order valence-electron chi connectivity index (χ4n) is 2.64. The molecule has 1 N–H and O–H groups in total. The highest BCUT2D eigenvalue weighted by Crippen LogP contribution is 2.30. The number of nitrogens with zero attached hydrogens (tertiary/aromatic N) is 3. The Morgan fingerprint density at radius 3 is 2.48 bits per heavy atom. The molecule has 2 aromatic heterocycles. The van der Waals surface area contributed by atoms with Gasteiger partial charge in [0, 0.05) is 28.1 Å². The van der Waals surface area contributed by atoms with E-state index in [1.165, 1.54) is 0 Å². The maximum absolute atomic E-state index is 6.03. The van der Waals surface area contributed by atoms with E-state index in [4.69, 9.17) is 16.6 Å². The largest absolute Gasteiger partial charge is 0.367 e. The van der Waals surface area contributed by atoms with Gasteiger partial charge in [0.15, 0.2) is 5.65 Å². The zero-order valence-corrected chi connectivity index (χ0v) is 16.2. The van der Waals surface area contributed by atoms with E-state index >= 15 is 0 Å². The van der Waals surface area contributed by atoms with Gasteiger partial charge in [-0.25, -0.2) is 4.98 Å². The lowest BCUT2D eigenvalue weighted by atomic mass is 9.92. The summed E-state index contributed by atoms with van der Waals surface area (Å²) >= 11 is 6.03. The summed E-state index contributed by atoms with van der Waals surface area (Å²) in [5.74, 6) is 0.976. The molecule has 5 heteroatoms. The van der Waals surface area contributed by atoms with Gasteiger partial charge in [0.25, 0.3) is 0 Å². The second-order valence-electron chi connectivity index (χ2n) is 7.53. The lowest BCUT2D eigenvalue weighted by Gasteiger charge is -2.21. The number of aromatic nitrogens is 3. The van der Waals surface area contributed by atoms with Crippen molar-refractivity contribution in [3.05, 3.63) is 47.2 Å². The Bertz CT molecular complexity index is 875. The summed E-state index contributed by atoms with van der Waals surface area (Å²) in [7, 11) is 0. The highest BCUT2D eigenvalue weighted by molar-refractivity contribution is 6.30. The maximum atomic E-state index is 6.03. The Labute approximate surface area is 154 Å². The summed E-state index contributed by atoms with van der Waals surface area (Å²) in [5.41, 5.74) is 3.93. The molecular formula is C20H25ClN4. The highest BCUT2D eigenvalue weighted by Gasteiger charge is 2.21. The molecule has 0 spiro atoms. The van der Waals surface area contributed by atoms with Crippen LogP contribution in [0.4, 0.5) is 5.82 Å². The van der Waals surface area contributed by atoms with Crippen LogP contribution in [0, 0.1) is 0 Å². The van der Waals surface area contributed by atoms with E-state index in [0.717, 1.165) is 39.7 Å². The molecule has 3 rings (SSSR count). The van der Waals surface area contributed by atoms with Gasteiger partial charge in [-0.1, -0.05) is 51.4 Å². The van der Waals surface area contributed by atoms with Gasteiger partial charge >= 0.3 is 0 Å². The summed E-state index contributed by atoms with van der Waals surface area (Å²) in [6.45, 7) is 10.9. The molecule has 0 amide bonds. The van der Waals surface area contributed by atoms with Crippen LogP contribution in [0.2, 0.25) is 5.02 Å². The number of rotatable bonds is 4. The highest BCUT2D eigenvalue weighted by atomic mass is 35.5. The molecule has 0 saturated carbocycles. The number of nitrogens with one attached hydrogen (secondary N) is 1. The molecule has 25 heavy (non-hydrogen) atoms. The Morgan fingerprint density at radius 2 is 1.88 bits per heavy atom. The molecule has 0 bridgehead atoms. The number of hydrogen-bond acceptors (Lipinski definition) is 3. The third-order valence-electron chi connectivity index (χ3n) is 4.40.